The van der Waals surface area contributed by atoms with Crippen LogP contribution in [0.2, 0.25) is 0 Å². The van der Waals surface area contributed by atoms with Crippen molar-refractivity contribution in [3.8, 4) is 5.75 Å². The number of aromatic nitrogens is 3. The largest absolute Gasteiger partial charge is 0.496 e. The zero-order valence-corrected chi connectivity index (χ0v) is 8.67. The number of anilines is 1. The molecule has 15 heavy (non-hydrogen) atoms. The molecule has 2 heterocycles. The van der Waals surface area contributed by atoms with Crippen LogP contribution in [0.25, 0.3) is 0 Å². The van der Waals surface area contributed by atoms with Gasteiger partial charge in [-0.15, -0.1) is 11.3 Å². The minimum atomic E-state index is -0.236. The quantitative estimate of drug-likeness (QED) is 0.818. The number of carbonyl (C=O) groups is 1. The Morgan fingerprint density at radius 3 is 3.13 bits per heavy atom. The zero-order valence-electron chi connectivity index (χ0n) is 7.85. The number of aromatic amines is 1. The molecule has 0 spiro atoms. The summed E-state index contributed by atoms with van der Waals surface area (Å²) in [6.07, 6.45) is 1.32. The molecule has 6 nitrogen and oxygen atoms in total. The highest BCUT2D eigenvalue weighted by atomic mass is 32.1. The lowest BCUT2D eigenvalue weighted by molar-refractivity contribution is 0.102. The smallest absolute Gasteiger partial charge is 0.268 e. The fraction of sp³-hybridized carbons (Fsp3) is 0.125. The molecule has 2 aromatic heterocycles. The molecule has 0 aliphatic carbocycles. The van der Waals surface area contributed by atoms with Crippen molar-refractivity contribution in [3.05, 3.63) is 22.7 Å². The first-order chi connectivity index (χ1) is 7.29. The van der Waals surface area contributed by atoms with Gasteiger partial charge in [-0.3, -0.25) is 10.1 Å². The van der Waals surface area contributed by atoms with Gasteiger partial charge < -0.3 is 4.74 Å². The highest BCUT2D eigenvalue weighted by Gasteiger charge is 2.10. The molecule has 2 N–H and O–H groups in total. The first-order valence-electron chi connectivity index (χ1n) is 4.09. The normalized spacial score (nSPS) is 9.93. The Bertz CT molecular complexity index is 451. The van der Waals surface area contributed by atoms with Crippen molar-refractivity contribution in [2.75, 3.05) is 12.4 Å². The highest BCUT2D eigenvalue weighted by Crippen LogP contribution is 2.21. The minimum Gasteiger partial charge on any atom is -0.496 e. The van der Waals surface area contributed by atoms with Crippen LogP contribution in [0.1, 0.15) is 9.67 Å². The van der Waals surface area contributed by atoms with Crippen molar-refractivity contribution in [2.24, 2.45) is 0 Å². The van der Waals surface area contributed by atoms with Gasteiger partial charge in [0.15, 0.2) is 0 Å². The molecule has 2 rings (SSSR count). The van der Waals surface area contributed by atoms with Crippen molar-refractivity contribution in [1.82, 2.24) is 15.2 Å². The molecule has 0 aliphatic rings. The van der Waals surface area contributed by atoms with E-state index in [-0.39, 0.29) is 5.91 Å². The fourth-order valence-corrected chi connectivity index (χ4v) is 1.73. The molecular weight excluding hydrogens is 216 g/mol. The number of carbonyl (C=O) groups excluding carboxylic acids is 1. The topological polar surface area (TPSA) is 79.9 Å². The minimum absolute atomic E-state index is 0.236. The maximum atomic E-state index is 11.6. The van der Waals surface area contributed by atoms with Gasteiger partial charge in [0, 0.05) is 11.4 Å². The predicted molar refractivity (Wildman–Crippen MR) is 55.2 cm³/mol. The van der Waals surface area contributed by atoms with Crippen LogP contribution in [-0.4, -0.2) is 28.2 Å². The van der Waals surface area contributed by atoms with Crippen molar-refractivity contribution >= 4 is 23.2 Å². The van der Waals surface area contributed by atoms with E-state index in [0.717, 1.165) is 0 Å². The third kappa shape index (κ3) is 2.13. The standard InChI is InChI=1S/C8H8N4O2S/c1-14-5-2-6(15-3-5)7(13)11-8-9-4-10-12-8/h2-4H,1H3,(H2,9,10,11,12,13). The molecule has 0 aromatic carbocycles. The van der Waals surface area contributed by atoms with Crippen LogP contribution in [0, 0.1) is 0 Å². The number of thiophene rings is 1. The van der Waals surface area contributed by atoms with Gasteiger partial charge in [0.05, 0.1) is 12.0 Å². The Labute approximate surface area is 89.3 Å². The van der Waals surface area contributed by atoms with Gasteiger partial charge in [-0.25, -0.2) is 5.10 Å². The van der Waals surface area contributed by atoms with Gasteiger partial charge in [0.1, 0.15) is 12.1 Å². The predicted octanol–water partition coefficient (Wildman–Crippen LogP) is 1.13. The number of nitrogens with zero attached hydrogens (tertiary/aromatic N) is 2. The van der Waals surface area contributed by atoms with E-state index in [1.807, 2.05) is 0 Å². The molecular formula is C8H8N4O2S. The molecule has 0 aliphatic heterocycles. The van der Waals surface area contributed by atoms with Gasteiger partial charge in [-0.05, 0) is 0 Å². The van der Waals surface area contributed by atoms with Crippen LogP contribution in [0.4, 0.5) is 5.95 Å². The van der Waals surface area contributed by atoms with E-state index in [9.17, 15) is 4.79 Å². The van der Waals surface area contributed by atoms with Crippen LogP contribution in [0.3, 0.4) is 0 Å². The molecule has 0 atom stereocenters. The Morgan fingerprint density at radius 2 is 2.53 bits per heavy atom. The van der Waals surface area contributed by atoms with E-state index in [0.29, 0.717) is 16.6 Å². The molecule has 2 aromatic rings. The van der Waals surface area contributed by atoms with Crippen molar-refractivity contribution < 1.29 is 9.53 Å². The Kier molecular flexibility index (Phi) is 2.64. The highest BCUT2D eigenvalue weighted by molar-refractivity contribution is 7.12. The van der Waals surface area contributed by atoms with Crippen LogP contribution in [0.15, 0.2) is 17.8 Å². The Hall–Kier alpha value is -1.89. The number of rotatable bonds is 3. The number of methoxy groups -OCH3 is 1. The first kappa shape index (κ1) is 9.66. The maximum absolute atomic E-state index is 11.6. The second-order valence-corrected chi connectivity index (χ2v) is 3.55. The van der Waals surface area contributed by atoms with E-state index in [1.54, 1.807) is 18.6 Å². The third-order valence-corrected chi connectivity index (χ3v) is 2.59. The summed E-state index contributed by atoms with van der Waals surface area (Å²) in [5.41, 5.74) is 0. The number of hydrogen-bond donors (Lipinski definition) is 2. The zero-order chi connectivity index (χ0) is 10.7. The SMILES string of the molecule is COc1csc(C(=O)Nc2ncn[nH]2)c1. The average Bonchev–Trinajstić information content (AvgIpc) is 2.86. The summed E-state index contributed by atoms with van der Waals surface area (Å²) in [6.45, 7) is 0. The second kappa shape index (κ2) is 4.09. The number of amides is 1. The molecule has 0 bridgehead atoms. The summed E-state index contributed by atoms with van der Waals surface area (Å²) in [7, 11) is 1.56. The van der Waals surface area contributed by atoms with Crippen LogP contribution in [-0.2, 0) is 0 Å². The third-order valence-electron chi connectivity index (χ3n) is 1.68. The molecule has 0 radical (unpaired) electrons. The lowest BCUT2D eigenvalue weighted by atomic mass is 10.4. The number of ether oxygens (including phenoxy) is 1. The molecule has 78 valence electrons. The first-order valence-corrected chi connectivity index (χ1v) is 4.97. The monoisotopic (exact) mass is 224 g/mol. The molecule has 0 unspecified atom stereocenters. The number of H-pyrrole nitrogens is 1. The average molecular weight is 224 g/mol. The van der Waals surface area contributed by atoms with Crippen molar-refractivity contribution in [3.63, 3.8) is 0 Å². The lowest BCUT2D eigenvalue weighted by Crippen LogP contribution is -2.11. The van der Waals surface area contributed by atoms with E-state index < -0.39 is 0 Å². The van der Waals surface area contributed by atoms with Crippen LogP contribution < -0.4 is 10.1 Å². The van der Waals surface area contributed by atoms with Crippen molar-refractivity contribution in [1.29, 1.82) is 0 Å². The van der Waals surface area contributed by atoms with Crippen molar-refractivity contribution in [2.45, 2.75) is 0 Å². The summed E-state index contributed by atoms with van der Waals surface area (Å²) in [5.74, 6) is 0.759. The Morgan fingerprint density at radius 1 is 1.67 bits per heavy atom. The summed E-state index contributed by atoms with van der Waals surface area (Å²) in [4.78, 5) is 15.9. The van der Waals surface area contributed by atoms with Gasteiger partial charge in [0.2, 0.25) is 5.95 Å². The van der Waals surface area contributed by atoms with Gasteiger partial charge >= 0.3 is 0 Å². The number of nitrogens with one attached hydrogen (secondary N) is 2. The second-order valence-electron chi connectivity index (χ2n) is 2.64. The summed E-state index contributed by atoms with van der Waals surface area (Å²) < 4.78 is 4.97. The van der Waals surface area contributed by atoms with E-state index in [2.05, 4.69) is 20.5 Å². The molecule has 0 saturated heterocycles. The molecule has 0 fully saturated rings. The van der Waals surface area contributed by atoms with Gasteiger partial charge in [-0.1, -0.05) is 0 Å². The lowest BCUT2D eigenvalue weighted by Gasteiger charge is -1.96. The van der Waals surface area contributed by atoms with E-state index in [4.69, 9.17) is 4.74 Å². The van der Waals surface area contributed by atoms with E-state index in [1.165, 1.54) is 17.7 Å². The summed E-state index contributed by atoms with van der Waals surface area (Å²) >= 11 is 1.30. The maximum Gasteiger partial charge on any atom is 0.268 e. The van der Waals surface area contributed by atoms with Crippen LogP contribution in [0.5, 0.6) is 5.75 Å². The van der Waals surface area contributed by atoms with E-state index >= 15 is 0 Å². The Balaban J connectivity index is 2.08. The molecule has 0 saturated carbocycles. The summed E-state index contributed by atoms with van der Waals surface area (Å²) in [6, 6.07) is 1.66. The van der Waals surface area contributed by atoms with Gasteiger partial charge in [0.25, 0.3) is 5.91 Å². The fourth-order valence-electron chi connectivity index (χ4n) is 0.980. The molecule has 7 heteroatoms. The van der Waals surface area contributed by atoms with Crippen LogP contribution >= 0.6 is 11.3 Å². The molecule has 1 amide bonds. The summed E-state index contributed by atoms with van der Waals surface area (Å²) in [5, 5.41) is 10.5. The van der Waals surface area contributed by atoms with Gasteiger partial charge in [-0.2, -0.15) is 10.1 Å². The number of hydrogen-bond acceptors (Lipinski definition) is 5.